The number of hydrogen-bond donors (Lipinski definition) is 1. The number of halogens is 3. The highest BCUT2D eigenvalue weighted by atomic mass is 32.2. The number of benzene rings is 2. The number of ether oxygens (including phenoxy) is 1. The fourth-order valence-corrected chi connectivity index (χ4v) is 4.28. The summed E-state index contributed by atoms with van der Waals surface area (Å²) in [5, 5.41) is 0. The lowest BCUT2D eigenvalue weighted by atomic mass is 10.1. The van der Waals surface area contributed by atoms with Gasteiger partial charge in [-0.15, -0.1) is 13.2 Å². The summed E-state index contributed by atoms with van der Waals surface area (Å²) >= 11 is 1.33. The Labute approximate surface area is 182 Å². The molecule has 0 bridgehead atoms. The monoisotopic (exact) mass is 446 g/mol. The molecule has 1 atom stereocenters. The van der Waals surface area contributed by atoms with Crippen molar-refractivity contribution in [3.05, 3.63) is 72.8 Å². The summed E-state index contributed by atoms with van der Waals surface area (Å²) in [7, 11) is 0. The number of rotatable bonds is 7. The molecule has 1 unspecified atom stereocenters. The third-order valence-corrected chi connectivity index (χ3v) is 5.85. The van der Waals surface area contributed by atoms with Crippen LogP contribution in [0, 0.1) is 0 Å². The number of alkyl halides is 3. The zero-order valence-electron chi connectivity index (χ0n) is 16.5. The molecule has 0 aliphatic carbocycles. The molecule has 0 saturated carbocycles. The average Bonchev–Trinajstić information content (AvgIpc) is 3.20. The lowest BCUT2D eigenvalue weighted by molar-refractivity contribution is -0.274. The van der Waals surface area contributed by atoms with Crippen LogP contribution >= 0.6 is 11.9 Å². The van der Waals surface area contributed by atoms with E-state index in [1.165, 1.54) is 36.0 Å². The Morgan fingerprint density at radius 3 is 2.58 bits per heavy atom. The van der Waals surface area contributed by atoms with Crippen LogP contribution in [0.15, 0.2) is 72.1 Å². The largest absolute Gasteiger partial charge is 0.573 e. The van der Waals surface area contributed by atoms with E-state index in [0.29, 0.717) is 4.90 Å². The van der Waals surface area contributed by atoms with Crippen molar-refractivity contribution in [1.82, 2.24) is 19.6 Å². The Hall–Kier alpha value is -2.62. The smallest absolute Gasteiger partial charge is 0.406 e. The highest BCUT2D eigenvalue weighted by molar-refractivity contribution is 7.97. The molecule has 0 spiro atoms. The van der Waals surface area contributed by atoms with Gasteiger partial charge < -0.3 is 4.74 Å². The quantitative estimate of drug-likeness (QED) is 0.521. The van der Waals surface area contributed by atoms with Crippen LogP contribution in [0.4, 0.5) is 13.2 Å². The Morgan fingerprint density at radius 1 is 1.06 bits per heavy atom. The maximum atomic E-state index is 12.4. The fraction of sp³-hybridized carbons (Fsp3) is 0.273. The van der Waals surface area contributed by atoms with Gasteiger partial charge in [0, 0.05) is 48.5 Å². The van der Waals surface area contributed by atoms with E-state index < -0.39 is 6.36 Å². The number of nitrogens with zero attached hydrogens (tertiary/aromatic N) is 3. The van der Waals surface area contributed by atoms with Gasteiger partial charge in [0.15, 0.2) is 0 Å². The molecule has 0 radical (unpaired) electrons. The van der Waals surface area contributed by atoms with E-state index >= 15 is 0 Å². The first-order valence-corrected chi connectivity index (χ1v) is 10.6. The van der Waals surface area contributed by atoms with Crippen molar-refractivity contribution in [3.8, 4) is 16.9 Å². The Bertz CT molecular complexity index is 986. The van der Waals surface area contributed by atoms with E-state index in [9.17, 15) is 13.2 Å². The number of hydrogen-bond acceptors (Lipinski definition) is 6. The summed E-state index contributed by atoms with van der Waals surface area (Å²) in [6.45, 7) is 2.69. The van der Waals surface area contributed by atoms with Gasteiger partial charge in [-0.25, -0.2) is 9.97 Å². The molecule has 2 heterocycles. The second kappa shape index (κ2) is 9.67. The minimum Gasteiger partial charge on any atom is -0.406 e. The van der Waals surface area contributed by atoms with E-state index in [4.69, 9.17) is 0 Å². The summed E-state index contributed by atoms with van der Waals surface area (Å²) in [6, 6.07) is 14.6. The van der Waals surface area contributed by atoms with Crippen molar-refractivity contribution >= 4 is 11.9 Å². The first-order valence-electron chi connectivity index (χ1n) is 9.79. The molecule has 5 nitrogen and oxygen atoms in total. The molecule has 1 aliphatic heterocycles. The van der Waals surface area contributed by atoms with Crippen molar-refractivity contribution in [1.29, 1.82) is 0 Å². The van der Waals surface area contributed by atoms with Crippen molar-refractivity contribution in [2.24, 2.45) is 0 Å². The second-order valence-corrected chi connectivity index (χ2v) is 8.20. The van der Waals surface area contributed by atoms with Crippen LogP contribution in [0.2, 0.25) is 0 Å². The van der Waals surface area contributed by atoms with Crippen LogP contribution in [0.5, 0.6) is 5.75 Å². The molecule has 2 aromatic carbocycles. The number of nitrogens with one attached hydrogen (secondary N) is 1. The molecule has 1 aromatic heterocycles. The van der Waals surface area contributed by atoms with Gasteiger partial charge in [-0.2, -0.15) is 0 Å². The number of aromatic nitrogens is 2. The van der Waals surface area contributed by atoms with Crippen LogP contribution in [0.25, 0.3) is 11.1 Å². The van der Waals surface area contributed by atoms with Gasteiger partial charge in [-0.3, -0.25) is 9.62 Å². The Morgan fingerprint density at radius 2 is 1.84 bits per heavy atom. The SMILES string of the molecule is FC(F)(F)Oc1cccc(SNC2CCN(Cc3ccc(-c4cncnc4)cc3)C2)c1. The molecule has 31 heavy (non-hydrogen) atoms. The lowest BCUT2D eigenvalue weighted by Gasteiger charge is -2.17. The minimum absolute atomic E-state index is 0.210. The van der Waals surface area contributed by atoms with Gasteiger partial charge >= 0.3 is 6.36 Å². The van der Waals surface area contributed by atoms with Crippen LogP contribution in [-0.2, 0) is 6.54 Å². The molecular formula is C22H21F3N4OS. The molecule has 9 heteroatoms. The second-order valence-electron chi connectivity index (χ2n) is 7.29. The molecule has 1 N–H and O–H groups in total. The minimum atomic E-state index is -4.68. The first-order chi connectivity index (χ1) is 14.9. The van der Waals surface area contributed by atoms with E-state index in [2.05, 4.69) is 48.6 Å². The van der Waals surface area contributed by atoms with Crippen LogP contribution in [0.3, 0.4) is 0 Å². The third kappa shape index (κ3) is 6.43. The molecule has 0 amide bonds. The highest BCUT2D eigenvalue weighted by Gasteiger charge is 2.31. The van der Waals surface area contributed by atoms with Gasteiger partial charge in [0.1, 0.15) is 12.1 Å². The normalized spacial score (nSPS) is 17.1. The van der Waals surface area contributed by atoms with Crippen LogP contribution in [0.1, 0.15) is 12.0 Å². The van der Waals surface area contributed by atoms with Gasteiger partial charge in [-0.1, -0.05) is 30.3 Å². The maximum Gasteiger partial charge on any atom is 0.573 e. The van der Waals surface area contributed by atoms with Gasteiger partial charge in [-0.05, 0) is 47.7 Å². The summed E-state index contributed by atoms with van der Waals surface area (Å²) in [5.41, 5.74) is 3.30. The van der Waals surface area contributed by atoms with E-state index in [1.54, 1.807) is 24.5 Å². The van der Waals surface area contributed by atoms with Gasteiger partial charge in [0.2, 0.25) is 0 Å². The van der Waals surface area contributed by atoms with E-state index in [-0.39, 0.29) is 11.8 Å². The predicted octanol–water partition coefficient (Wildman–Crippen LogP) is 4.91. The summed E-state index contributed by atoms with van der Waals surface area (Å²) in [4.78, 5) is 11.1. The molecule has 1 saturated heterocycles. The standard InChI is InChI=1S/C22H21F3N4OS/c23-22(24,25)30-20-2-1-3-21(10-20)31-28-19-8-9-29(14-19)13-16-4-6-17(7-5-16)18-11-26-15-27-12-18/h1-7,10-12,15,19,28H,8-9,13-14H2. The predicted molar refractivity (Wildman–Crippen MR) is 113 cm³/mol. The van der Waals surface area contributed by atoms with Crippen molar-refractivity contribution in [2.75, 3.05) is 13.1 Å². The van der Waals surface area contributed by atoms with Crippen molar-refractivity contribution in [3.63, 3.8) is 0 Å². The summed E-state index contributed by atoms with van der Waals surface area (Å²) in [6.07, 6.45) is 1.39. The fourth-order valence-electron chi connectivity index (χ4n) is 3.47. The molecule has 162 valence electrons. The van der Waals surface area contributed by atoms with Crippen LogP contribution in [-0.4, -0.2) is 40.4 Å². The Balaban J connectivity index is 1.26. The molecule has 3 aromatic rings. The molecule has 4 rings (SSSR count). The zero-order valence-corrected chi connectivity index (χ0v) is 17.4. The first kappa shape index (κ1) is 21.6. The molecule has 1 aliphatic rings. The summed E-state index contributed by atoms with van der Waals surface area (Å²) in [5.74, 6) is -0.210. The lowest BCUT2D eigenvalue weighted by Crippen LogP contribution is -2.28. The van der Waals surface area contributed by atoms with Crippen LogP contribution < -0.4 is 9.46 Å². The zero-order chi connectivity index (χ0) is 21.7. The highest BCUT2D eigenvalue weighted by Crippen LogP contribution is 2.27. The molecule has 1 fully saturated rings. The molecular weight excluding hydrogens is 425 g/mol. The van der Waals surface area contributed by atoms with Gasteiger partial charge in [0.25, 0.3) is 0 Å². The third-order valence-electron chi connectivity index (χ3n) is 4.91. The van der Waals surface area contributed by atoms with E-state index in [0.717, 1.165) is 37.2 Å². The number of likely N-dealkylation sites (tertiary alicyclic amines) is 1. The summed E-state index contributed by atoms with van der Waals surface area (Å²) < 4.78 is 44.5. The topological polar surface area (TPSA) is 50.3 Å². The average molecular weight is 446 g/mol. The van der Waals surface area contributed by atoms with Crippen molar-refractivity contribution in [2.45, 2.75) is 30.3 Å². The maximum absolute atomic E-state index is 12.4. The van der Waals surface area contributed by atoms with E-state index in [1.807, 2.05) is 0 Å². The van der Waals surface area contributed by atoms with Crippen molar-refractivity contribution < 1.29 is 17.9 Å². The van der Waals surface area contributed by atoms with Gasteiger partial charge in [0.05, 0.1) is 0 Å². The Kier molecular flexibility index (Phi) is 6.74.